The molecule has 1 aromatic carbocycles. The van der Waals surface area contributed by atoms with Gasteiger partial charge in [-0.15, -0.1) is 0 Å². The summed E-state index contributed by atoms with van der Waals surface area (Å²) in [4.78, 5) is 23.7. The van der Waals surface area contributed by atoms with Crippen LogP contribution in [0, 0.1) is 0 Å². The van der Waals surface area contributed by atoms with E-state index < -0.39 is 12.0 Å². The molecule has 17 heavy (non-hydrogen) atoms. The molecular weight excluding hydrogens is 224 g/mol. The van der Waals surface area contributed by atoms with Crippen LogP contribution in [-0.2, 0) is 0 Å². The molecule has 3 N–H and O–H groups in total. The monoisotopic (exact) mass is 238 g/mol. The van der Waals surface area contributed by atoms with Gasteiger partial charge in [0.1, 0.15) is 5.75 Å². The smallest absolute Gasteiger partial charge is 0.335 e. The quantitative estimate of drug-likeness (QED) is 0.697. The minimum atomic E-state index is -1.12. The molecule has 1 aromatic rings. The van der Waals surface area contributed by atoms with Crippen molar-refractivity contribution in [2.24, 2.45) is 0 Å². The van der Waals surface area contributed by atoms with Crippen LogP contribution in [0.1, 0.15) is 17.3 Å². The number of hydrogen-bond acceptors (Lipinski definition) is 3. The Morgan fingerprint density at radius 1 is 1.41 bits per heavy atom. The molecule has 2 amide bonds. The first-order chi connectivity index (χ1) is 7.95. The maximum Gasteiger partial charge on any atom is 0.335 e. The molecule has 6 heteroatoms. The van der Waals surface area contributed by atoms with Crippen LogP contribution < -0.4 is 5.32 Å². The molecular formula is C11H14N2O4. The van der Waals surface area contributed by atoms with E-state index in [1.165, 1.54) is 23.1 Å². The van der Waals surface area contributed by atoms with Gasteiger partial charge in [-0.25, -0.2) is 9.59 Å². The topological polar surface area (TPSA) is 89.9 Å². The van der Waals surface area contributed by atoms with Crippen LogP contribution in [0.5, 0.6) is 5.75 Å². The number of aromatic hydroxyl groups is 1. The maximum absolute atomic E-state index is 11.5. The lowest BCUT2D eigenvalue weighted by Crippen LogP contribution is -2.31. The minimum Gasteiger partial charge on any atom is -0.506 e. The molecule has 0 saturated heterocycles. The molecule has 0 fully saturated rings. The molecule has 0 heterocycles. The van der Waals surface area contributed by atoms with Gasteiger partial charge in [0.25, 0.3) is 0 Å². The van der Waals surface area contributed by atoms with Crippen molar-refractivity contribution in [3.8, 4) is 5.75 Å². The third-order valence-corrected chi connectivity index (χ3v) is 2.31. The molecule has 0 unspecified atom stereocenters. The van der Waals surface area contributed by atoms with Crippen LogP contribution in [0.25, 0.3) is 0 Å². The number of anilines is 1. The number of phenols is 1. The molecule has 0 aliphatic heterocycles. The van der Waals surface area contributed by atoms with Crippen molar-refractivity contribution in [2.75, 3.05) is 18.9 Å². The number of rotatable bonds is 3. The van der Waals surface area contributed by atoms with Gasteiger partial charge in [-0.2, -0.15) is 0 Å². The average molecular weight is 238 g/mol. The van der Waals surface area contributed by atoms with Gasteiger partial charge in [0, 0.05) is 13.6 Å². The number of carboxylic acids is 1. The van der Waals surface area contributed by atoms with Crippen molar-refractivity contribution in [3.63, 3.8) is 0 Å². The van der Waals surface area contributed by atoms with Gasteiger partial charge in [0.2, 0.25) is 0 Å². The normalized spacial score (nSPS) is 9.76. The van der Waals surface area contributed by atoms with Crippen molar-refractivity contribution < 1.29 is 19.8 Å². The fourth-order valence-electron chi connectivity index (χ4n) is 1.12. The van der Waals surface area contributed by atoms with E-state index in [9.17, 15) is 14.7 Å². The molecule has 0 spiro atoms. The molecule has 0 aromatic heterocycles. The van der Waals surface area contributed by atoms with E-state index in [4.69, 9.17) is 5.11 Å². The van der Waals surface area contributed by atoms with Crippen molar-refractivity contribution in [3.05, 3.63) is 23.8 Å². The van der Waals surface area contributed by atoms with Crippen molar-refractivity contribution >= 4 is 17.7 Å². The second kappa shape index (κ2) is 5.20. The molecule has 0 saturated carbocycles. The highest BCUT2D eigenvalue weighted by molar-refractivity contribution is 5.94. The van der Waals surface area contributed by atoms with Gasteiger partial charge in [-0.3, -0.25) is 0 Å². The van der Waals surface area contributed by atoms with E-state index in [0.717, 1.165) is 0 Å². The molecule has 0 atom stereocenters. The minimum absolute atomic E-state index is 0.00254. The number of phenolic OH excluding ortho intramolecular Hbond substituents is 1. The van der Waals surface area contributed by atoms with E-state index in [1.807, 2.05) is 0 Å². The highest BCUT2D eigenvalue weighted by Crippen LogP contribution is 2.24. The molecule has 0 bridgehead atoms. The SMILES string of the molecule is CCN(C)C(=O)Nc1cc(C(=O)O)ccc1O. The van der Waals surface area contributed by atoms with Gasteiger partial charge < -0.3 is 20.4 Å². The van der Waals surface area contributed by atoms with Crippen LogP contribution in [0.4, 0.5) is 10.5 Å². The van der Waals surface area contributed by atoms with Gasteiger partial charge >= 0.3 is 12.0 Å². The number of carbonyl (C=O) groups excluding carboxylic acids is 1. The first-order valence-electron chi connectivity index (χ1n) is 5.04. The summed E-state index contributed by atoms with van der Waals surface area (Å²) < 4.78 is 0. The first kappa shape index (κ1) is 12.8. The predicted octanol–water partition coefficient (Wildman–Crippen LogP) is 1.57. The second-order valence-electron chi connectivity index (χ2n) is 3.48. The highest BCUT2D eigenvalue weighted by atomic mass is 16.4. The number of aromatic carboxylic acids is 1. The van der Waals surface area contributed by atoms with E-state index in [-0.39, 0.29) is 17.0 Å². The van der Waals surface area contributed by atoms with Gasteiger partial charge in [0.15, 0.2) is 0 Å². The average Bonchev–Trinajstić information content (AvgIpc) is 2.30. The number of nitrogens with zero attached hydrogens (tertiary/aromatic N) is 1. The van der Waals surface area contributed by atoms with E-state index in [1.54, 1.807) is 14.0 Å². The Kier molecular flexibility index (Phi) is 3.92. The zero-order valence-electron chi connectivity index (χ0n) is 9.60. The Balaban J connectivity index is 2.94. The van der Waals surface area contributed by atoms with Crippen LogP contribution >= 0.6 is 0 Å². The Morgan fingerprint density at radius 2 is 2.06 bits per heavy atom. The lowest BCUT2D eigenvalue weighted by atomic mass is 10.2. The van der Waals surface area contributed by atoms with Gasteiger partial charge in [0.05, 0.1) is 11.3 Å². The summed E-state index contributed by atoms with van der Waals surface area (Å²) in [6.45, 7) is 2.30. The van der Waals surface area contributed by atoms with Crippen molar-refractivity contribution in [1.82, 2.24) is 4.90 Å². The standard InChI is InChI=1S/C11H14N2O4/c1-3-13(2)11(17)12-8-6-7(10(15)16)4-5-9(8)14/h4-6,14H,3H2,1-2H3,(H,12,17)(H,15,16). The summed E-state index contributed by atoms with van der Waals surface area (Å²) in [6.07, 6.45) is 0. The van der Waals surface area contributed by atoms with Crippen LogP contribution in [0.2, 0.25) is 0 Å². The Labute approximate surface area is 98.5 Å². The Hall–Kier alpha value is -2.24. The van der Waals surface area contributed by atoms with Crippen molar-refractivity contribution in [1.29, 1.82) is 0 Å². The fourth-order valence-corrected chi connectivity index (χ4v) is 1.12. The zero-order valence-corrected chi connectivity index (χ0v) is 9.60. The number of urea groups is 1. The predicted molar refractivity (Wildman–Crippen MR) is 62.4 cm³/mol. The summed E-state index contributed by atoms with van der Waals surface area (Å²) in [5.74, 6) is -1.29. The van der Waals surface area contributed by atoms with Crippen LogP contribution in [0.15, 0.2) is 18.2 Å². The molecule has 1 rings (SSSR count). The largest absolute Gasteiger partial charge is 0.506 e. The number of carbonyl (C=O) groups is 2. The number of amides is 2. The maximum atomic E-state index is 11.5. The third kappa shape index (κ3) is 3.10. The summed E-state index contributed by atoms with van der Waals surface area (Å²) >= 11 is 0. The number of benzene rings is 1. The molecule has 0 radical (unpaired) electrons. The summed E-state index contributed by atoms with van der Waals surface area (Å²) in [7, 11) is 1.59. The molecule has 0 aliphatic carbocycles. The molecule has 0 aliphatic rings. The first-order valence-corrected chi connectivity index (χ1v) is 5.04. The summed E-state index contributed by atoms with van der Waals surface area (Å²) in [6, 6.07) is 3.28. The third-order valence-electron chi connectivity index (χ3n) is 2.31. The zero-order chi connectivity index (χ0) is 13.0. The summed E-state index contributed by atoms with van der Waals surface area (Å²) in [5, 5.41) is 20.7. The number of carboxylic acid groups (broad SMARTS) is 1. The van der Waals surface area contributed by atoms with Crippen LogP contribution in [-0.4, -0.2) is 40.7 Å². The van der Waals surface area contributed by atoms with E-state index in [0.29, 0.717) is 6.54 Å². The summed E-state index contributed by atoms with van der Waals surface area (Å²) in [5.41, 5.74) is 0.0763. The lowest BCUT2D eigenvalue weighted by molar-refractivity contribution is 0.0697. The Bertz CT molecular complexity index is 445. The highest BCUT2D eigenvalue weighted by Gasteiger charge is 2.12. The second-order valence-corrected chi connectivity index (χ2v) is 3.48. The van der Waals surface area contributed by atoms with Crippen LogP contribution in [0.3, 0.4) is 0 Å². The van der Waals surface area contributed by atoms with E-state index in [2.05, 4.69) is 5.32 Å². The van der Waals surface area contributed by atoms with E-state index >= 15 is 0 Å². The Morgan fingerprint density at radius 3 is 2.59 bits per heavy atom. The van der Waals surface area contributed by atoms with Gasteiger partial charge in [-0.1, -0.05) is 0 Å². The van der Waals surface area contributed by atoms with Gasteiger partial charge in [-0.05, 0) is 25.1 Å². The molecule has 92 valence electrons. The fraction of sp³-hybridized carbons (Fsp3) is 0.273. The number of hydrogen-bond donors (Lipinski definition) is 3. The lowest BCUT2D eigenvalue weighted by Gasteiger charge is -2.16. The van der Waals surface area contributed by atoms with Crippen molar-refractivity contribution in [2.45, 2.75) is 6.92 Å². The molecule has 6 nitrogen and oxygen atoms in total. The number of nitrogens with one attached hydrogen (secondary N) is 1.